The van der Waals surface area contributed by atoms with Crippen LogP contribution < -0.4 is 5.32 Å². The van der Waals surface area contributed by atoms with Crippen molar-refractivity contribution in [3.8, 4) is 0 Å². The maximum Gasteiger partial charge on any atom is 0.308 e. The van der Waals surface area contributed by atoms with Crippen molar-refractivity contribution in [3.63, 3.8) is 0 Å². The van der Waals surface area contributed by atoms with Crippen molar-refractivity contribution in [2.45, 2.75) is 58.0 Å². The number of esters is 1. The Bertz CT molecular complexity index is 478. The molecule has 0 radical (unpaired) electrons. The molecule has 1 saturated carbocycles. The molecule has 0 aromatic heterocycles. The van der Waals surface area contributed by atoms with Gasteiger partial charge in [0.15, 0.2) is 0 Å². The van der Waals surface area contributed by atoms with Gasteiger partial charge in [-0.1, -0.05) is 31.2 Å². The monoisotopic (exact) mass is 319 g/mol. The summed E-state index contributed by atoms with van der Waals surface area (Å²) < 4.78 is 5.11. The molecule has 0 saturated heterocycles. The summed E-state index contributed by atoms with van der Waals surface area (Å²) in [6.07, 6.45) is 4.66. The van der Waals surface area contributed by atoms with E-state index < -0.39 is 0 Å². The number of benzene rings is 1. The Hall–Kier alpha value is -1.39. The third kappa shape index (κ3) is 5.05. The van der Waals surface area contributed by atoms with E-state index in [0.717, 1.165) is 37.7 Å². The van der Waals surface area contributed by atoms with Gasteiger partial charge in [-0.3, -0.25) is 4.79 Å². The number of aliphatic hydroxyl groups excluding tert-OH is 1. The number of carbonyl (C=O) groups is 1. The molecule has 1 unspecified atom stereocenters. The SMILES string of the molecule is CCOC(=O)C1CCC(NC(CO)c2ccc(CC)cc2)CC1. The lowest BCUT2D eigenvalue weighted by atomic mass is 9.85. The molecule has 0 aliphatic heterocycles. The molecule has 0 spiro atoms. The fourth-order valence-corrected chi connectivity index (χ4v) is 3.28. The number of carbonyl (C=O) groups excluding carboxylic acids is 1. The van der Waals surface area contributed by atoms with E-state index in [1.807, 2.05) is 6.92 Å². The van der Waals surface area contributed by atoms with Crippen LogP contribution in [-0.4, -0.2) is 30.3 Å². The zero-order valence-electron chi connectivity index (χ0n) is 14.3. The molecular formula is C19H29NO3. The van der Waals surface area contributed by atoms with Gasteiger partial charge in [-0.25, -0.2) is 0 Å². The Morgan fingerprint density at radius 2 is 1.87 bits per heavy atom. The normalized spacial score (nSPS) is 22.6. The molecule has 23 heavy (non-hydrogen) atoms. The van der Waals surface area contributed by atoms with Crippen molar-refractivity contribution in [1.82, 2.24) is 5.32 Å². The molecule has 0 amide bonds. The van der Waals surface area contributed by atoms with Gasteiger partial charge >= 0.3 is 5.97 Å². The minimum Gasteiger partial charge on any atom is -0.466 e. The van der Waals surface area contributed by atoms with E-state index in [1.165, 1.54) is 5.56 Å². The Morgan fingerprint density at radius 3 is 2.39 bits per heavy atom. The summed E-state index contributed by atoms with van der Waals surface area (Å²) in [5.74, 6) is -0.00998. The number of aryl methyl sites for hydroxylation is 1. The van der Waals surface area contributed by atoms with Gasteiger partial charge in [0.05, 0.1) is 25.2 Å². The summed E-state index contributed by atoms with van der Waals surface area (Å²) in [7, 11) is 0. The molecule has 0 bridgehead atoms. The van der Waals surface area contributed by atoms with Crippen LogP contribution in [0.4, 0.5) is 0 Å². The molecule has 2 rings (SSSR count). The van der Waals surface area contributed by atoms with Crippen LogP contribution in [0, 0.1) is 5.92 Å². The molecule has 1 aliphatic carbocycles. The molecule has 4 nitrogen and oxygen atoms in total. The quantitative estimate of drug-likeness (QED) is 0.759. The van der Waals surface area contributed by atoms with Gasteiger partial charge in [0.1, 0.15) is 0 Å². The van der Waals surface area contributed by atoms with E-state index in [0.29, 0.717) is 12.6 Å². The van der Waals surface area contributed by atoms with Crippen LogP contribution in [0.1, 0.15) is 56.7 Å². The van der Waals surface area contributed by atoms with Gasteiger partial charge in [-0.05, 0) is 50.2 Å². The van der Waals surface area contributed by atoms with Crippen LogP contribution in [-0.2, 0) is 16.0 Å². The fraction of sp³-hybridized carbons (Fsp3) is 0.632. The predicted molar refractivity (Wildman–Crippen MR) is 91.2 cm³/mol. The highest BCUT2D eigenvalue weighted by Crippen LogP contribution is 2.27. The predicted octanol–water partition coefficient (Wildman–Crippen LogP) is 2.99. The Kier molecular flexibility index (Phi) is 7.06. The summed E-state index contributed by atoms with van der Waals surface area (Å²) in [6, 6.07) is 8.75. The fourth-order valence-electron chi connectivity index (χ4n) is 3.28. The lowest BCUT2D eigenvalue weighted by Gasteiger charge is -2.31. The molecule has 2 N–H and O–H groups in total. The van der Waals surface area contributed by atoms with Gasteiger partial charge in [0.2, 0.25) is 0 Å². The molecule has 1 fully saturated rings. The average molecular weight is 319 g/mol. The van der Waals surface area contributed by atoms with Crippen LogP contribution in [0.2, 0.25) is 0 Å². The zero-order valence-corrected chi connectivity index (χ0v) is 14.3. The maximum absolute atomic E-state index is 11.8. The molecule has 1 atom stereocenters. The zero-order chi connectivity index (χ0) is 16.7. The first-order valence-electron chi connectivity index (χ1n) is 8.80. The molecule has 128 valence electrons. The second kappa shape index (κ2) is 9.04. The van der Waals surface area contributed by atoms with E-state index in [9.17, 15) is 9.90 Å². The number of aliphatic hydroxyl groups is 1. The summed E-state index contributed by atoms with van der Waals surface area (Å²) in [6.45, 7) is 4.53. The molecule has 1 aromatic carbocycles. The van der Waals surface area contributed by atoms with Crippen molar-refractivity contribution >= 4 is 5.97 Å². The van der Waals surface area contributed by atoms with Gasteiger partial charge < -0.3 is 15.2 Å². The van der Waals surface area contributed by atoms with Crippen molar-refractivity contribution in [2.24, 2.45) is 5.92 Å². The van der Waals surface area contributed by atoms with E-state index in [2.05, 4.69) is 36.5 Å². The highest BCUT2D eigenvalue weighted by molar-refractivity contribution is 5.72. The number of ether oxygens (including phenoxy) is 1. The van der Waals surface area contributed by atoms with Gasteiger partial charge in [0, 0.05) is 6.04 Å². The van der Waals surface area contributed by atoms with Crippen molar-refractivity contribution < 1.29 is 14.6 Å². The number of hydrogen-bond donors (Lipinski definition) is 2. The Labute approximate surface area is 139 Å². The van der Waals surface area contributed by atoms with Crippen LogP contribution in [0.5, 0.6) is 0 Å². The smallest absolute Gasteiger partial charge is 0.308 e. The third-order valence-corrected chi connectivity index (χ3v) is 4.76. The topological polar surface area (TPSA) is 58.6 Å². The van der Waals surface area contributed by atoms with Crippen LogP contribution in [0.15, 0.2) is 24.3 Å². The summed E-state index contributed by atoms with van der Waals surface area (Å²) in [4.78, 5) is 11.8. The first kappa shape index (κ1) is 18.0. The Balaban J connectivity index is 1.86. The van der Waals surface area contributed by atoms with Crippen LogP contribution in [0.25, 0.3) is 0 Å². The largest absolute Gasteiger partial charge is 0.466 e. The molecule has 4 heteroatoms. The van der Waals surface area contributed by atoms with Gasteiger partial charge in [0.25, 0.3) is 0 Å². The first-order valence-corrected chi connectivity index (χ1v) is 8.80. The van der Waals surface area contributed by atoms with Crippen molar-refractivity contribution in [1.29, 1.82) is 0 Å². The third-order valence-electron chi connectivity index (χ3n) is 4.76. The summed E-state index contributed by atoms with van der Waals surface area (Å²) in [5, 5.41) is 13.3. The van der Waals surface area contributed by atoms with Crippen molar-refractivity contribution in [3.05, 3.63) is 35.4 Å². The van der Waals surface area contributed by atoms with Crippen molar-refractivity contribution in [2.75, 3.05) is 13.2 Å². The second-order valence-electron chi connectivity index (χ2n) is 6.30. The standard InChI is InChI=1S/C19H29NO3/c1-3-14-5-7-15(8-6-14)18(13-21)20-17-11-9-16(10-12-17)19(22)23-4-2/h5-8,16-18,20-21H,3-4,9-13H2,1-2H3. The number of hydrogen-bond acceptors (Lipinski definition) is 4. The molecule has 0 heterocycles. The van der Waals surface area contributed by atoms with E-state index >= 15 is 0 Å². The second-order valence-corrected chi connectivity index (χ2v) is 6.30. The van der Waals surface area contributed by atoms with E-state index in [1.54, 1.807) is 0 Å². The first-order chi connectivity index (χ1) is 11.2. The summed E-state index contributed by atoms with van der Waals surface area (Å²) in [5.41, 5.74) is 2.43. The maximum atomic E-state index is 11.8. The highest BCUT2D eigenvalue weighted by Gasteiger charge is 2.28. The Morgan fingerprint density at radius 1 is 1.22 bits per heavy atom. The minimum atomic E-state index is -0.0557. The summed E-state index contributed by atoms with van der Waals surface area (Å²) >= 11 is 0. The minimum absolute atomic E-state index is 0.0370. The van der Waals surface area contributed by atoms with Gasteiger partial charge in [-0.15, -0.1) is 0 Å². The van der Waals surface area contributed by atoms with Crippen LogP contribution in [0.3, 0.4) is 0 Å². The number of nitrogens with one attached hydrogen (secondary N) is 1. The van der Waals surface area contributed by atoms with E-state index in [4.69, 9.17) is 4.74 Å². The highest BCUT2D eigenvalue weighted by atomic mass is 16.5. The van der Waals surface area contributed by atoms with Crippen LogP contribution >= 0.6 is 0 Å². The molecular weight excluding hydrogens is 290 g/mol. The number of rotatable bonds is 7. The average Bonchev–Trinajstić information content (AvgIpc) is 2.60. The van der Waals surface area contributed by atoms with E-state index in [-0.39, 0.29) is 24.5 Å². The molecule has 1 aromatic rings. The lowest BCUT2D eigenvalue weighted by Crippen LogP contribution is -2.38. The lowest BCUT2D eigenvalue weighted by molar-refractivity contribution is -0.149. The van der Waals surface area contributed by atoms with Gasteiger partial charge in [-0.2, -0.15) is 0 Å². The molecule has 1 aliphatic rings.